The summed E-state index contributed by atoms with van der Waals surface area (Å²) >= 11 is 3.18. The smallest absolute Gasteiger partial charge is 0.244 e. The van der Waals surface area contributed by atoms with Crippen molar-refractivity contribution >= 4 is 31.8 Å². The van der Waals surface area contributed by atoms with E-state index in [1.54, 1.807) is 31.5 Å². The highest BCUT2D eigenvalue weighted by atomic mass is 79.9. The second-order valence-corrected chi connectivity index (χ2v) is 6.76. The lowest BCUT2D eigenvalue weighted by Gasteiger charge is -2.15. The summed E-state index contributed by atoms with van der Waals surface area (Å²) in [6.07, 6.45) is 4.66. The zero-order valence-electron chi connectivity index (χ0n) is 10.6. The predicted molar refractivity (Wildman–Crippen MR) is 79.3 cm³/mol. The maximum atomic E-state index is 12.3. The van der Waals surface area contributed by atoms with Crippen molar-refractivity contribution in [2.75, 3.05) is 5.73 Å². The van der Waals surface area contributed by atoms with E-state index in [1.807, 2.05) is 0 Å². The number of nitrogens with zero attached hydrogens (tertiary/aromatic N) is 2. The molecule has 0 spiro atoms. The largest absolute Gasteiger partial charge is 0.383 e. The van der Waals surface area contributed by atoms with Crippen LogP contribution < -0.4 is 10.5 Å². The van der Waals surface area contributed by atoms with Crippen LogP contribution in [0.2, 0.25) is 0 Å². The number of aromatic nitrogens is 2. The molecule has 106 valence electrons. The first-order valence-electron chi connectivity index (χ1n) is 5.73. The number of nitrogens with one attached hydrogen (secondary N) is 1. The molecule has 2 rings (SSSR count). The number of rotatable bonds is 4. The first kappa shape index (κ1) is 14.9. The average molecular weight is 357 g/mol. The van der Waals surface area contributed by atoms with Gasteiger partial charge in [0.05, 0.1) is 0 Å². The highest BCUT2D eigenvalue weighted by Crippen LogP contribution is 2.22. The van der Waals surface area contributed by atoms with E-state index in [0.717, 1.165) is 5.56 Å². The molecule has 0 amide bonds. The van der Waals surface area contributed by atoms with Gasteiger partial charge >= 0.3 is 0 Å². The Balaban J connectivity index is 2.30. The lowest BCUT2D eigenvalue weighted by molar-refractivity contribution is 0.567. The van der Waals surface area contributed by atoms with Crippen molar-refractivity contribution in [1.29, 1.82) is 0 Å². The molecule has 0 bridgehead atoms. The van der Waals surface area contributed by atoms with Gasteiger partial charge in [-0.1, -0.05) is 0 Å². The number of hydrogen-bond donors (Lipinski definition) is 2. The van der Waals surface area contributed by atoms with E-state index in [0.29, 0.717) is 4.47 Å². The summed E-state index contributed by atoms with van der Waals surface area (Å²) in [5, 5.41) is 0. The molecule has 0 radical (unpaired) electrons. The minimum absolute atomic E-state index is 0.0392. The maximum Gasteiger partial charge on any atom is 0.244 e. The zero-order chi connectivity index (χ0) is 14.8. The van der Waals surface area contributed by atoms with Gasteiger partial charge in [-0.25, -0.2) is 18.1 Å². The van der Waals surface area contributed by atoms with Crippen LogP contribution in [0.25, 0.3) is 0 Å². The molecule has 0 fully saturated rings. The zero-order valence-corrected chi connectivity index (χ0v) is 13.0. The maximum absolute atomic E-state index is 12.3. The van der Waals surface area contributed by atoms with E-state index in [1.165, 1.54) is 12.3 Å². The molecule has 6 nitrogen and oxygen atoms in total. The third kappa shape index (κ3) is 3.33. The third-order valence-corrected chi connectivity index (χ3v) is 4.68. The van der Waals surface area contributed by atoms with E-state index >= 15 is 0 Å². The summed E-state index contributed by atoms with van der Waals surface area (Å²) in [6.45, 7) is 1.74. The lowest BCUT2D eigenvalue weighted by Crippen LogP contribution is -2.27. The number of nitrogen functional groups attached to an aromatic ring is 1. The van der Waals surface area contributed by atoms with Gasteiger partial charge in [0.25, 0.3) is 0 Å². The molecule has 0 saturated carbocycles. The van der Waals surface area contributed by atoms with Gasteiger partial charge in [0.1, 0.15) is 10.7 Å². The van der Waals surface area contributed by atoms with Crippen LogP contribution in [0.3, 0.4) is 0 Å². The summed E-state index contributed by atoms with van der Waals surface area (Å²) in [4.78, 5) is 7.67. The minimum Gasteiger partial charge on any atom is -0.383 e. The van der Waals surface area contributed by atoms with E-state index in [4.69, 9.17) is 5.73 Å². The van der Waals surface area contributed by atoms with Crippen LogP contribution in [-0.2, 0) is 10.0 Å². The lowest BCUT2D eigenvalue weighted by atomic mass is 10.1. The number of halogens is 1. The molecule has 8 heteroatoms. The van der Waals surface area contributed by atoms with Crippen LogP contribution in [0.15, 0.2) is 46.2 Å². The Morgan fingerprint density at radius 2 is 2.00 bits per heavy atom. The van der Waals surface area contributed by atoms with Crippen LogP contribution in [0, 0.1) is 0 Å². The topological polar surface area (TPSA) is 98.0 Å². The Morgan fingerprint density at radius 3 is 2.65 bits per heavy atom. The van der Waals surface area contributed by atoms with Gasteiger partial charge in [-0.15, -0.1) is 0 Å². The van der Waals surface area contributed by atoms with Crippen LogP contribution in [0.4, 0.5) is 5.82 Å². The molecule has 2 heterocycles. The molecule has 3 N–H and O–H groups in total. The molecule has 20 heavy (non-hydrogen) atoms. The average Bonchev–Trinajstić information content (AvgIpc) is 2.42. The van der Waals surface area contributed by atoms with Gasteiger partial charge in [0, 0.05) is 29.1 Å². The van der Waals surface area contributed by atoms with Gasteiger partial charge in [0.15, 0.2) is 0 Å². The van der Waals surface area contributed by atoms with Crippen LogP contribution in [0.1, 0.15) is 18.5 Å². The molecule has 0 aliphatic rings. The monoisotopic (exact) mass is 356 g/mol. The van der Waals surface area contributed by atoms with Crippen molar-refractivity contribution in [3.05, 3.63) is 46.8 Å². The fourth-order valence-corrected chi connectivity index (χ4v) is 3.48. The van der Waals surface area contributed by atoms with E-state index < -0.39 is 16.1 Å². The summed E-state index contributed by atoms with van der Waals surface area (Å²) in [5.74, 6) is -0.0392. The van der Waals surface area contributed by atoms with Crippen molar-refractivity contribution in [2.45, 2.75) is 17.9 Å². The quantitative estimate of drug-likeness (QED) is 0.870. The molecule has 1 atom stereocenters. The number of pyridine rings is 2. The fourth-order valence-electron chi connectivity index (χ4n) is 1.66. The standard InChI is InChI=1S/C12H13BrN4O2S/c1-8(9-2-4-15-5-3-9)17-20(18,19)11-6-10(13)7-16-12(11)14/h2-8,17H,1H3,(H2,14,16). The number of sulfonamides is 1. The Kier molecular flexibility index (Phi) is 4.36. The van der Waals surface area contributed by atoms with E-state index in [9.17, 15) is 8.42 Å². The highest BCUT2D eigenvalue weighted by molar-refractivity contribution is 9.10. The number of hydrogen-bond acceptors (Lipinski definition) is 5. The van der Waals surface area contributed by atoms with Gasteiger partial charge in [-0.2, -0.15) is 0 Å². The summed E-state index contributed by atoms with van der Waals surface area (Å²) < 4.78 is 27.7. The predicted octanol–water partition coefficient (Wildman–Crippen LogP) is 1.86. The number of nitrogens with two attached hydrogens (primary N) is 1. The molecule has 0 saturated heterocycles. The SMILES string of the molecule is CC(NS(=O)(=O)c1cc(Br)cnc1N)c1ccncc1. The second-order valence-electron chi connectivity index (χ2n) is 4.16. The Labute approximate surface area is 125 Å². The molecular weight excluding hydrogens is 344 g/mol. The van der Waals surface area contributed by atoms with Crippen molar-refractivity contribution in [3.63, 3.8) is 0 Å². The van der Waals surface area contributed by atoms with Gasteiger partial charge in [0.2, 0.25) is 10.0 Å². The summed E-state index contributed by atoms with van der Waals surface area (Å²) in [5.41, 5.74) is 6.44. The molecular formula is C12H13BrN4O2S. The molecule has 1 unspecified atom stereocenters. The van der Waals surface area contributed by atoms with Gasteiger partial charge in [-0.3, -0.25) is 4.98 Å². The normalized spacial score (nSPS) is 13.1. The Hall–Kier alpha value is -1.51. The fraction of sp³-hybridized carbons (Fsp3) is 0.167. The van der Waals surface area contributed by atoms with Crippen molar-refractivity contribution in [1.82, 2.24) is 14.7 Å². The van der Waals surface area contributed by atoms with Crippen molar-refractivity contribution in [2.24, 2.45) is 0 Å². The molecule has 0 aliphatic carbocycles. The second kappa shape index (κ2) is 5.86. The summed E-state index contributed by atoms with van der Waals surface area (Å²) in [7, 11) is -3.75. The van der Waals surface area contributed by atoms with E-state index in [2.05, 4.69) is 30.6 Å². The minimum atomic E-state index is -3.75. The third-order valence-electron chi connectivity index (χ3n) is 2.68. The Bertz CT molecular complexity index is 707. The van der Waals surface area contributed by atoms with E-state index in [-0.39, 0.29) is 10.7 Å². The first-order chi connectivity index (χ1) is 9.40. The van der Waals surface area contributed by atoms with Crippen LogP contribution >= 0.6 is 15.9 Å². The van der Waals surface area contributed by atoms with Crippen molar-refractivity contribution in [3.8, 4) is 0 Å². The van der Waals surface area contributed by atoms with Gasteiger partial charge < -0.3 is 5.73 Å². The van der Waals surface area contributed by atoms with Gasteiger partial charge in [-0.05, 0) is 46.6 Å². The molecule has 0 aliphatic heterocycles. The molecule has 2 aromatic heterocycles. The first-order valence-corrected chi connectivity index (χ1v) is 8.01. The van der Waals surface area contributed by atoms with Crippen LogP contribution in [-0.4, -0.2) is 18.4 Å². The molecule has 2 aromatic rings. The number of anilines is 1. The molecule has 0 aromatic carbocycles. The summed E-state index contributed by atoms with van der Waals surface area (Å²) in [6, 6.07) is 4.51. The van der Waals surface area contributed by atoms with Crippen LogP contribution in [0.5, 0.6) is 0 Å². The van der Waals surface area contributed by atoms with Crippen molar-refractivity contribution < 1.29 is 8.42 Å². The highest BCUT2D eigenvalue weighted by Gasteiger charge is 2.22. The Morgan fingerprint density at radius 1 is 1.35 bits per heavy atom.